The highest BCUT2D eigenvalue weighted by molar-refractivity contribution is 7.89. The predicted octanol–water partition coefficient (Wildman–Crippen LogP) is 2.41. The lowest BCUT2D eigenvalue weighted by molar-refractivity contribution is -0.117. The van der Waals surface area contributed by atoms with Crippen molar-refractivity contribution in [3.8, 4) is 5.75 Å². The second kappa shape index (κ2) is 16.1. The molecule has 0 fully saturated rings. The first-order chi connectivity index (χ1) is 20.4. The molecule has 1 heterocycles. The molecule has 14 heteroatoms. The molecule has 7 N–H and O–H groups in total. The molecule has 0 unspecified atom stereocenters. The van der Waals surface area contributed by atoms with Gasteiger partial charge in [0.25, 0.3) is 0 Å². The van der Waals surface area contributed by atoms with Crippen molar-refractivity contribution in [3.63, 3.8) is 0 Å². The van der Waals surface area contributed by atoms with Crippen molar-refractivity contribution in [1.82, 2.24) is 25.3 Å². The summed E-state index contributed by atoms with van der Waals surface area (Å²) in [5.74, 6) is 1.27. The average Bonchev–Trinajstić information content (AvgIpc) is 2.93. The topological polar surface area (TPSA) is 182 Å². The van der Waals surface area contributed by atoms with Crippen LogP contribution in [0.2, 0.25) is 0 Å². The summed E-state index contributed by atoms with van der Waals surface area (Å²) in [7, 11) is -3.68. The van der Waals surface area contributed by atoms with Gasteiger partial charge in [0.15, 0.2) is 0 Å². The maximum atomic E-state index is 12.8. The number of hydrogen-bond acceptors (Lipinski definition) is 11. The van der Waals surface area contributed by atoms with Crippen LogP contribution in [0.1, 0.15) is 26.3 Å². The van der Waals surface area contributed by atoms with Crippen LogP contribution >= 0.6 is 0 Å². The lowest BCUT2D eigenvalue weighted by Gasteiger charge is -2.20. The molecule has 0 bridgehead atoms. The third-order valence-corrected chi connectivity index (χ3v) is 7.38. The third-order valence-electron chi connectivity index (χ3n) is 5.62. The first-order valence-electron chi connectivity index (χ1n) is 13.9. The maximum absolute atomic E-state index is 12.8. The van der Waals surface area contributed by atoms with Gasteiger partial charge in [-0.3, -0.25) is 4.79 Å². The van der Waals surface area contributed by atoms with E-state index in [2.05, 4.69) is 36.0 Å². The van der Waals surface area contributed by atoms with E-state index < -0.39 is 15.6 Å². The Morgan fingerprint density at radius 3 is 2.33 bits per heavy atom. The van der Waals surface area contributed by atoms with E-state index in [-0.39, 0.29) is 17.3 Å². The van der Waals surface area contributed by atoms with Gasteiger partial charge in [0.1, 0.15) is 18.2 Å². The number of sulfonamides is 1. The largest absolute Gasteiger partial charge is 0.492 e. The third kappa shape index (κ3) is 12.5. The number of hydrogen-bond donors (Lipinski definition) is 6. The number of carbonyl (C=O) groups excluding carboxylic acids is 1. The lowest BCUT2D eigenvalue weighted by Crippen LogP contribution is -2.40. The van der Waals surface area contributed by atoms with Crippen LogP contribution in [-0.2, 0) is 19.6 Å². The number of aryl methyl sites for hydroxylation is 1. The molecule has 13 nitrogen and oxygen atoms in total. The van der Waals surface area contributed by atoms with Gasteiger partial charge in [-0.2, -0.15) is 4.98 Å². The van der Waals surface area contributed by atoms with Gasteiger partial charge < -0.3 is 36.5 Å². The summed E-state index contributed by atoms with van der Waals surface area (Å²) >= 11 is 0. The van der Waals surface area contributed by atoms with Gasteiger partial charge >= 0.3 is 0 Å². The Morgan fingerprint density at radius 2 is 1.63 bits per heavy atom. The second-order valence-corrected chi connectivity index (χ2v) is 12.4. The van der Waals surface area contributed by atoms with Crippen LogP contribution in [0.15, 0.2) is 59.6 Å². The molecular weight excluding hydrogens is 572 g/mol. The Balaban J connectivity index is 1.45. The molecule has 2 aromatic carbocycles. The van der Waals surface area contributed by atoms with Crippen LogP contribution in [0, 0.1) is 6.92 Å². The summed E-state index contributed by atoms with van der Waals surface area (Å²) in [6.07, 6.45) is 1.69. The van der Waals surface area contributed by atoms with E-state index in [4.69, 9.17) is 15.2 Å². The van der Waals surface area contributed by atoms with Gasteiger partial charge in [-0.15, -0.1) is 0 Å². The second-order valence-electron chi connectivity index (χ2n) is 10.7. The quantitative estimate of drug-likeness (QED) is 0.116. The lowest BCUT2D eigenvalue weighted by atomic mass is 10.1. The van der Waals surface area contributed by atoms with E-state index in [1.807, 2.05) is 31.2 Å². The number of carbonyl (C=O) groups is 1. The van der Waals surface area contributed by atoms with Gasteiger partial charge in [0.2, 0.25) is 21.9 Å². The van der Waals surface area contributed by atoms with Crippen LogP contribution in [0.3, 0.4) is 0 Å². The zero-order valence-corrected chi connectivity index (χ0v) is 25.9. The first-order valence-corrected chi connectivity index (χ1v) is 15.4. The van der Waals surface area contributed by atoms with Gasteiger partial charge in [-0.25, -0.2) is 18.1 Å². The standard InChI is InChI=1S/C29H42N8O5S/c1-21-19-33-28(36-27(21)34-23-6-5-7-25(18-23)43(39,40)37-29(2,3)4)35-22-8-10-24(11-9-22)42-17-14-31-12-15-41-16-13-32-20-26(30)38/h5-11,18-19,31-32,37H,12-17,20H2,1-4H3,(H2,30,38)(H2,33,34,35,36). The molecular formula is C29H42N8O5S. The summed E-state index contributed by atoms with van der Waals surface area (Å²) < 4.78 is 39.4. The summed E-state index contributed by atoms with van der Waals surface area (Å²) in [6.45, 7) is 10.9. The smallest absolute Gasteiger partial charge is 0.241 e. The van der Waals surface area contributed by atoms with Crippen molar-refractivity contribution in [3.05, 3.63) is 60.3 Å². The normalized spacial score (nSPS) is 11.7. The predicted molar refractivity (Wildman–Crippen MR) is 168 cm³/mol. The fourth-order valence-corrected chi connectivity index (χ4v) is 5.16. The Labute approximate surface area is 253 Å². The molecule has 3 rings (SSSR count). The van der Waals surface area contributed by atoms with Crippen molar-refractivity contribution < 1.29 is 22.7 Å². The monoisotopic (exact) mass is 614 g/mol. The van der Waals surface area contributed by atoms with Crippen molar-refractivity contribution in [2.24, 2.45) is 5.73 Å². The number of nitrogens with two attached hydrogens (primary N) is 1. The summed E-state index contributed by atoms with van der Waals surface area (Å²) in [6, 6.07) is 14.0. The van der Waals surface area contributed by atoms with Crippen LogP contribution in [0.4, 0.5) is 23.1 Å². The Morgan fingerprint density at radius 1 is 0.930 bits per heavy atom. The number of ether oxygens (including phenoxy) is 2. The highest BCUT2D eigenvalue weighted by Gasteiger charge is 2.22. The SMILES string of the molecule is Cc1cnc(Nc2ccc(OCCNCCOCCNCC(N)=O)cc2)nc1Nc1cccc(S(=O)(=O)NC(C)(C)C)c1. The van der Waals surface area contributed by atoms with Gasteiger partial charge in [0, 0.05) is 48.3 Å². The van der Waals surface area contributed by atoms with E-state index in [1.54, 1.807) is 51.2 Å². The van der Waals surface area contributed by atoms with Crippen LogP contribution in [0.5, 0.6) is 5.75 Å². The number of amides is 1. The van der Waals surface area contributed by atoms with E-state index >= 15 is 0 Å². The van der Waals surface area contributed by atoms with Crippen LogP contribution in [-0.4, -0.2) is 75.8 Å². The zero-order chi connectivity index (χ0) is 31.3. The molecule has 0 aliphatic heterocycles. The molecule has 1 aromatic heterocycles. The zero-order valence-electron chi connectivity index (χ0n) is 25.1. The van der Waals surface area contributed by atoms with Crippen molar-refractivity contribution in [2.75, 3.05) is 56.6 Å². The fourth-order valence-electron chi connectivity index (χ4n) is 3.70. The molecule has 0 saturated carbocycles. The summed E-state index contributed by atoms with van der Waals surface area (Å²) in [5, 5.41) is 12.5. The minimum atomic E-state index is -3.68. The fraction of sp³-hybridized carbons (Fsp3) is 0.414. The Bertz CT molecular complexity index is 1430. The van der Waals surface area contributed by atoms with E-state index in [0.717, 1.165) is 17.0 Å². The molecule has 0 atom stereocenters. The van der Waals surface area contributed by atoms with Crippen LogP contribution in [0.25, 0.3) is 0 Å². The average molecular weight is 615 g/mol. The highest BCUT2D eigenvalue weighted by atomic mass is 32.2. The van der Waals surface area contributed by atoms with Gasteiger partial charge in [-0.1, -0.05) is 6.07 Å². The number of anilines is 4. The Kier molecular flexibility index (Phi) is 12.6. The number of primary amides is 1. The van der Waals surface area contributed by atoms with E-state index in [1.165, 1.54) is 0 Å². The van der Waals surface area contributed by atoms with E-state index in [0.29, 0.717) is 56.9 Å². The van der Waals surface area contributed by atoms with Gasteiger partial charge in [-0.05, 0) is 70.2 Å². The molecule has 3 aromatic rings. The minimum Gasteiger partial charge on any atom is -0.492 e. The summed E-state index contributed by atoms with van der Waals surface area (Å²) in [4.78, 5) is 19.7. The van der Waals surface area contributed by atoms with E-state index in [9.17, 15) is 13.2 Å². The van der Waals surface area contributed by atoms with Gasteiger partial charge in [0.05, 0.1) is 24.7 Å². The van der Waals surface area contributed by atoms with Crippen LogP contribution < -0.4 is 36.5 Å². The molecule has 0 radical (unpaired) electrons. The Hall–Kier alpha value is -3.82. The minimum absolute atomic E-state index is 0.150. The first kappa shape index (κ1) is 33.7. The summed E-state index contributed by atoms with van der Waals surface area (Å²) in [5.41, 5.74) is 6.62. The molecule has 1 amide bonds. The highest BCUT2D eigenvalue weighted by Crippen LogP contribution is 2.24. The van der Waals surface area contributed by atoms with Crippen molar-refractivity contribution in [1.29, 1.82) is 0 Å². The number of aromatic nitrogens is 2. The molecule has 234 valence electrons. The number of benzene rings is 2. The molecule has 0 aliphatic carbocycles. The molecule has 0 spiro atoms. The molecule has 0 aliphatic rings. The number of rotatable bonds is 18. The maximum Gasteiger partial charge on any atom is 0.241 e. The number of nitrogens with zero attached hydrogens (tertiary/aromatic N) is 2. The number of nitrogens with one attached hydrogen (secondary N) is 5. The van der Waals surface area contributed by atoms with Crippen molar-refractivity contribution >= 4 is 39.1 Å². The van der Waals surface area contributed by atoms with Crippen molar-refractivity contribution in [2.45, 2.75) is 38.1 Å². The molecule has 0 saturated heterocycles. The molecule has 43 heavy (non-hydrogen) atoms.